The van der Waals surface area contributed by atoms with Crippen LogP contribution in [0, 0.1) is 11.3 Å². The van der Waals surface area contributed by atoms with Crippen LogP contribution in [0.5, 0.6) is 0 Å². The molecule has 0 aliphatic carbocycles. The lowest BCUT2D eigenvalue weighted by atomic mass is 10.0. The van der Waals surface area contributed by atoms with Gasteiger partial charge in [-0.3, -0.25) is 4.79 Å². The maximum Gasteiger partial charge on any atom is 0.350 e. The number of thioether (sulfide) groups is 1. The lowest BCUT2D eigenvalue weighted by Gasteiger charge is -2.31. The highest BCUT2D eigenvalue weighted by Crippen LogP contribution is 2.30. The summed E-state index contributed by atoms with van der Waals surface area (Å²) in [7, 11) is 0. The standard InChI is InChI=1S/C16H24N2O3S/c1-6-9-16(4,22-5)15(20)18(8-3)12-13(11-17)14(19)21-10-7-2/h7,12H,2,6,8-10H2,1,3-5H3/b13-12+. The molecule has 0 aromatic rings. The van der Waals surface area contributed by atoms with E-state index in [1.807, 2.05) is 20.1 Å². The molecule has 122 valence electrons. The lowest BCUT2D eigenvalue weighted by Crippen LogP contribution is -2.42. The van der Waals surface area contributed by atoms with Crippen molar-refractivity contribution < 1.29 is 14.3 Å². The van der Waals surface area contributed by atoms with Gasteiger partial charge < -0.3 is 9.64 Å². The fourth-order valence-electron chi connectivity index (χ4n) is 1.87. The Balaban J connectivity index is 5.35. The highest BCUT2D eigenvalue weighted by atomic mass is 32.2. The van der Waals surface area contributed by atoms with Crippen molar-refractivity contribution in [2.24, 2.45) is 0 Å². The molecule has 0 aliphatic heterocycles. The predicted octanol–water partition coefficient (Wildman–Crippen LogP) is 2.89. The summed E-state index contributed by atoms with van der Waals surface area (Å²) in [5.41, 5.74) is -0.197. The van der Waals surface area contributed by atoms with E-state index < -0.39 is 10.7 Å². The van der Waals surface area contributed by atoms with Crippen LogP contribution in [0.3, 0.4) is 0 Å². The number of nitrogens with zero attached hydrogens (tertiary/aromatic N) is 2. The lowest BCUT2D eigenvalue weighted by molar-refractivity contribution is -0.137. The summed E-state index contributed by atoms with van der Waals surface area (Å²) in [5.74, 6) is -0.872. The van der Waals surface area contributed by atoms with E-state index >= 15 is 0 Å². The quantitative estimate of drug-likeness (QED) is 0.282. The van der Waals surface area contributed by atoms with E-state index in [-0.39, 0.29) is 18.1 Å². The van der Waals surface area contributed by atoms with Crippen LogP contribution in [-0.2, 0) is 14.3 Å². The Kier molecular flexibility index (Phi) is 9.27. The van der Waals surface area contributed by atoms with Crippen molar-refractivity contribution in [3.8, 4) is 6.07 Å². The maximum atomic E-state index is 12.7. The Morgan fingerprint density at radius 2 is 2.09 bits per heavy atom. The van der Waals surface area contributed by atoms with Crippen molar-refractivity contribution >= 4 is 23.6 Å². The number of hydrogen-bond donors (Lipinski definition) is 0. The third kappa shape index (κ3) is 5.57. The van der Waals surface area contributed by atoms with Gasteiger partial charge >= 0.3 is 5.97 Å². The summed E-state index contributed by atoms with van der Waals surface area (Å²) in [5, 5.41) is 9.10. The van der Waals surface area contributed by atoms with Crippen LogP contribution < -0.4 is 0 Å². The smallest absolute Gasteiger partial charge is 0.350 e. The van der Waals surface area contributed by atoms with Gasteiger partial charge in [0.15, 0.2) is 5.57 Å². The molecule has 1 atom stereocenters. The molecule has 0 spiro atoms. The highest BCUT2D eigenvalue weighted by molar-refractivity contribution is 8.00. The van der Waals surface area contributed by atoms with Crippen LogP contribution in [0.2, 0.25) is 0 Å². The first kappa shape index (κ1) is 20.3. The van der Waals surface area contributed by atoms with Gasteiger partial charge in [-0.25, -0.2) is 4.79 Å². The molecule has 22 heavy (non-hydrogen) atoms. The van der Waals surface area contributed by atoms with E-state index in [4.69, 9.17) is 10.00 Å². The molecule has 0 heterocycles. The van der Waals surface area contributed by atoms with E-state index in [2.05, 4.69) is 6.58 Å². The van der Waals surface area contributed by atoms with Crippen LogP contribution in [-0.4, -0.2) is 40.9 Å². The summed E-state index contributed by atoms with van der Waals surface area (Å²) < 4.78 is 4.26. The summed E-state index contributed by atoms with van der Waals surface area (Å²) in [6.07, 6.45) is 6.17. The monoisotopic (exact) mass is 324 g/mol. The van der Waals surface area contributed by atoms with Crippen molar-refractivity contribution in [2.75, 3.05) is 19.4 Å². The minimum Gasteiger partial charge on any atom is -0.457 e. The maximum absolute atomic E-state index is 12.7. The fourth-order valence-corrected chi connectivity index (χ4v) is 2.57. The molecular weight excluding hydrogens is 300 g/mol. The third-order valence-electron chi connectivity index (χ3n) is 3.19. The molecule has 0 aliphatic rings. The molecule has 0 fully saturated rings. The normalized spacial score (nSPS) is 13.7. The number of rotatable bonds is 9. The van der Waals surface area contributed by atoms with E-state index in [1.165, 1.54) is 28.9 Å². The summed E-state index contributed by atoms with van der Waals surface area (Å²) >= 11 is 1.47. The first-order chi connectivity index (χ1) is 10.4. The van der Waals surface area contributed by atoms with E-state index in [9.17, 15) is 9.59 Å². The minimum atomic E-state index is -0.755. The number of amides is 1. The second-order valence-corrected chi connectivity index (χ2v) is 6.13. The van der Waals surface area contributed by atoms with Crippen molar-refractivity contribution in [1.82, 2.24) is 4.90 Å². The Morgan fingerprint density at radius 3 is 2.50 bits per heavy atom. The van der Waals surface area contributed by atoms with Gasteiger partial charge in [0, 0.05) is 12.7 Å². The van der Waals surface area contributed by atoms with Gasteiger partial charge in [0.25, 0.3) is 0 Å². The van der Waals surface area contributed by atoms with E-state index in [0.29, 0.717) is 6.54 Å². The average molecular weight is 324 g/mol. The minimum absolute atomic E-state index is 0.0241. The van der Waals surface area contributed by atoms with Gasteiger partial charge in [0.2, 0.25) is 5.91 Å². The van der Waals surface area contributed by atoms with Crippen molar-refractivity contribution in [3.05, 3.63) is 24.4 Å². The summed E-state index contributed by atoms with van der Waals surface area (Å²) in [6.45, 7) is 9.53. The number of carbonyl (C=O) groups excluding carboxylic acids is 2. The molecule has 0 saturated heterocycles. The first-order valence-electron chi connectivity index (χ1n) is 7.16. The largest absolute Gasteiger partial charge is 0.457 e. The molecule has 0 N–H and O–H groups in total. The van der Waals surface area contributed by atoms with Crippen molar-refractivity contribution in [1.29, 1.82) is 5.26 Å². The Labute approximate surface area is 137 Å². The van der Waals surface area contributed by atoms with Crippen LogP contribution in [0.1, 0.15) is 33.6 Å². The zero-order valence-electron chi connectivity index (χ0n) is 13.7. The SMILES string of the molecule is C=CCOC(=O)/C(C#N)=C/N(CC)C(=O)C(C)(CCC)SC. The molecule has 6 heteroatoms. The van der Waals surface area contributed by atoms with Gasteiger partial charge in [-0.05, 0) is 26.5 Å². The third-order valence-corrected chi connectivity index (χ3v) is 4.47. The number of nitriles is 1. The Hall–Kier alpha value is -1.74. The Morgan fingerprint density at radius 1 is 1.45 bits per heavy atom. The molecule has 0 radical (unpaired) electrons. The van der Waals surface area contributed by atoms with Crippen LogP contribution >= 0.6 is 11.8 Å². The number of hydrogen-bond acceptors (Lipinski definition) is 5. The molecule has 5 nitrogen and oxygen atoms in total. The van der Waals surface area contributed by atoms with Crippen molar-refractivity contribution in [2.45, 2.75) is 38.4 Å². The van der Waals surface area contributed by atoms with Gasteiger partial charge in [-0.2, -0.15) is 5.26 Å². The van der Waals surface area contributed by atoms with E-state index in [1.54, 1.807) is 13.0 Å². The van der Waals surface area contributed by atoms with Crippen molar-refractivity contribution in [3.63, 3.8) is 0 Å². The number of esters is 1. The zero-order chi connectivity index (χ0) is 17.2. The van der Waals surface area contributed by atoms with Gasteiger partial charge in [0.1, 0.15) is 12.7 Å². The predicted molar refractivity (Wildman–Crippen MR) is 89.1 cm³/mol. The number of carbonyl (C=O) groups is 2. The highest BCUT2D eigenvalue weighted by Gasteiger charge is 2.34. The fraction of sp³-hybridized carbons (Fsp3) is 0.562. The molecule has 0 saturated carbocycles. The van der Waals surface area contributed by atoms with Crippen LogP contribution in [0.25, 0.3) is 0 Å². The first-order valence-corrected chi connectivity index (χ1v) is 8.38. The molecule has 0 rings (SSSR count). The topological polar surface area (TPSA) is 70.4 Å². The van der Waals surface area contributed by atoms with Crippen LogP contribution in [0.4, 0.5) is 0 Å². The van der Waals surface area contributed by atoms with Crippen LogP contribution in [0.15, 0.2) is 24.4 Å². The number of ether oxygens (including phenoxy) is 1. The second-order valence-electron chi connectivity index (χ2n) is 4.82. The van der Waals surface area contributed by atoms with Gasteiger partial charge in [-0.1, -0.05) is 26.0 Å². The molecule has 0 bridgehead atoms. The van der Waals surface area contributed by atoms with Gasteiger partial charge in [-0.15, -0.1) is 11.8 Å². The molecule has 1 amide bonds. The average Bonchev–Trinajstić information content (AvgIpc) is 2.53. The molecule has 0 aromatic heterocycles. The Bertz CT molecular complexity index is 482. The van der Waals surface area contributed by atoms with E-state index in [0.717, 1.165) is 12.8 Å². The molecule has 1 unspecified atom stereocenters. The summed E-state index contributed by atoms with van der Waals surface area (Å²) in [6, 6.07) is 1.78. The second kappa shape index (κ2) is 10.1. The summed E-state index contributed by atoms with van der Waals surface area (Å²) in [4.78, 5) is 25.8. The van der Waals surface area contributed by atoms with Gasteiger partial charge in [0.05, 0.1) is 4.75 Å². The zero-order valence-corrected chi connectivity index (χ0v) is 14.5. The molecular formula is C16H24N2O3S. The molecule has 0 aromatic carbocycles.